The molecule has 4 heteroatoms. The van der Waals surface area contributed by atoms with E-state index in [1.165, 1.54) is 0 Å². The van der Waals surface area contributed by atoms with E-state index in [1.54, 1.807) is 0 Å². The van der Waals surface area contributed by atoms with Gasteiger partial charge in [-0.05, 0) is 19.6 Å². The molecule has 0 aromatic heterocycles. The molecule has 72 valence electrons. The Morgan fingerprint density at radius 2 is 1.54 bits per heavy atom. The second-order valence-corrected chi connectivity index (χ2v) is 8.76. The SMILES string of the molecule is CC(C)C(C#N)(C#N)O[Si](C)(C)C. The Labute approximate surface area is 81.1 Å². The maximum absolute atomic E-state index is 8.94. The third-order valence-electron chi connectivity index (χ3n) is 1.61. The van der Waals surface area contributed by atoms with Gasteiger partial charge in [-0.1, -0.05) is 13.8 Å². The molecular weight excluding hydrogens is 180 g/mol. The molecule has 13 heavy (non-hydrogen) atoms. The fourth-order valence-electron chi connectivity index (χ4n) is 0.930. The van der Waals surface area contributed by atoms with Crippen molar-refractivity contribution in [3.05, 3.63) is 0 Å². The molecule has 0 aromatic rings. The molecule has 0 aliphatic heterocycles. The average Bonchev–Trinajstić information content (AvgIpc) is 1.98. The monoisotopic (exact) mass is 196 g/mol. The lowest BCUT2D eigenvalue weighted by Gasteiger charge is -2.30. The second kappa shape index (κ2) is 3.91. The summed E-state index contributed by atoms with van der Waals surface area (Å²) in [4.78, 5) is 0. The number of nitriles is 2. The molecule has 0 rings (SSSR count). The van der Waals surface area contributed by atoms with Gasteiger partial charge in [0.15, 0.2) is 8.32 Å². The fraction of sp³-hybridized carbons (Fsp3) is 0.778. The Morgan fingerprint density at radius 3 is 1.62 bits per heavy atom. The Kier molecular flexibility index (Phi) is 3.66. The van der Waals surface area contributed by atoms with Crippen LogP contribution in [0.4, 0.5) is 0 Å². The van der Waals surface area contributed by atoms with Crippen LogP contribution in [-0.4, -0.2) is 13.9 Å². The van der Waals surface area contributed by atoms with Gasteiger partial charge >= 0.3 is 0 Å². The number of rotatable bonds is 3. The summed E-state index contributed by atoms with van der Waals surface area (Å²) in [5.41, 5.74) is -1.26. The predicted molar refractivity (Wildman–Crippen MR) is 53.2 cm³/mol. The van der Waals surface area contributed by atoms with Gasteiger partial charge in [-0.2, -0.15) is 10.5 Å². The summed E-state index contributed by atoms with van der Waals surface area (Å²) in [6.45, 7) is 9.57. The van der Waals surface area contributed by atoms with Crippen molar-refractivity contribution >= 4 is 8.32 Å². The topological polar surface area (TPSA) is 56.8 Å². The molecule has 0 atom stereocenters. The molecule has 0 aliphatic carbocycles. The highest BCUT2D eigenvalue weighted by molar-refractivity contribution is 6.69. The number of nitrogens with zero attached hydrogens (tertiary/aromatic N) is 2. The van der Waals surface area contributed by atoms with Crippen molar-refractivity contribution in [2.45, 2.75) is 39.1 Å². The van der Waals surface area contributed by atoms with Gasteiger partial charge in [0.25, 0.3) is 0 Å². The zero-order chi connectivity index (χ0) is 10.7. The summed E-state index contributed by atoms with van der Waals surface area (Å²) in [6, 6.07) is 3.95. The Balaban J connectivity index is 4.86. The van der Waals surface area contributed by atoms with Gasteiger partial charge in [0.2, 0.25) is 5.60 Å². The Morgan fingerprint density at radius 1 is 1.15 bits per heavy atom. The maximum atomic E-state index is 8.94. The minimum Gasteiger partial charge on any atom is -0.389 e. The molecule has 0 saturated carbocycles. The molecule has 0 aromatic carbocycles. The molecule has 0 bridgehead atoms. The largest absolute Gasteiger partial charge is 0.389 e. The average molecular weight is 196 g/mol. The smallest absolute Gasteiger partial charge is 0.234 e. The fourth-order valence-corrected chi connectivity index (χ4v) is 2.22. The first-order valence-electron chi connectivity index (χ1n) is 4.30. The van der Waals surface area contributed by atoms with Crippen LogP contribution >= 0.6 is 0 Å². The summed E-state index contributed by atoms with van der Waals surface area (Å²) in [7, 11) is -1.84. The van der Waals surface area contributed by atoms with Gasteiger partial charge in [-0.25, -0.2) is 0 Å². The Bertz CT molecular complexity index is 240. The molecule has 0 spiro atoms. The van der Waals surface area contributed by atoms with Crippen LogP contribution in [0.25, 0.3) is 0 Å². The van der Waals surface area contributed by atoms with Gasteiger partial charge in [-0.3, -0.25) is 0 Å². The van der Waals surface area contributed by atoms with Crippen molar-refractivity contribution in [1.82, 2.24) is 0 Å². The summed E-state index contributed by atoms with van der Waals surface area (Å²) < 4.78 is 5.60. The van der Waals surface area contributed by atoms with Gasteiger partial charge in [0, 0.05) is 5.92 Å². The van der Waals surface area contributed by atoms with Crippen molar-refractivity contribution in [2.24, 2.45) is 5.92 Å². The molecule has 0 amide bonds. The highest BCUT2D eigenvalue weighted by Crippen LogP contribution is 2.24. The first-order chi connectivity index (χ1) is 5.77. The van der Waals surface area contributed by atoms with Crippen LogP contribution in [0.2, 0.25) is 19.6 Å². The molecule has 0 radical (unpaired) electrons. The van der Waals surface area contributed by atoms with Crippen molar-refractivity contribution in [2.75, 3.05) is 0 Å². The third-order valence-corrected chi connectivity index (χ3v) is 2.55. The van der Waals surface area contributed by atoms with E-state index in [1.807, 2.05) is 45.6 Å². The molecule has 0 aliphatic rings. The van der Waals surface area contributed by atoms with Crippen LogP contribution in [-0.2, 0) is 4.43 Å². The van der Waals surface area contributed by atoms with Gasteiger partial charge < -0.3 is 4.43 Å². The van der Waals surface area contributed by atoms with Crippen molar-refractivity contribution < 1.29 is 4.43 Å². The molecule has 0 saturated heterocycles. The van der Waals surface area contributed by atoms with Crippen LogP contribution in [0.15, 0.2) is 0 Å². The molecule has 0 unspecified atom stereocenters. The standard InChI is InChI=1S/C9H16N2OSi/c1-8(2)9(6-10,7-11)12-13(3,4)5/h8H,1-5H3. The van der Waals surface area contributed by atoms with E-state index in [-0.39, 0.29) is 5.92 Å². The minimum atomic E-state index is -1.84. The van der Waals surface area contributed by atoms with E-state index in [0.29, 0.717) is 0 Å². The lowest BCUT2D eigenvalue weighted by Crippen LogP contribution is -2.44. The van der Waals surface area contributed by atoms with E-state index in [2.05, 4.69) is 0 Å². The lowest BCUT2D eigenvalue weighted by atomic mass is 9.94. The van der Waals surface area contributed by atoms with Crippen molar-refractivity contribution in [1.29, 1.82) is 10.5 Å². The highest BCUT2D eigenvalue weighted by Gasteiger charge is 2.39. The van der Waals surface area contributed by atoms with Crippen LogP contribution in [0.5, 0.6) is 0 Å². The van der Waals surface area contributed by atoms with E-state index < -0.39 is 13.9 Å². The highest BCUT2D eigenvalue weighted by atomic mass is 28.4. The van der Waals surface area contributed by atoms with Gasteiger partial charge in [0.1, 0.15) is 12.1 Å². The van der Waals surface area contributed by atoms with Crippen LogP contribution in [0.1, 0.15) is 13.8 Å². The lowest BCUT2D eigenvalue weighted by molar-refractivity contribution is 0.127. The summed E-state index contributed by atoms with van der Waals surface area (Å²) in [6.07, 6.45) is 0. The van der Waals surface area contributed by atoms with Crippen LogP contribution < -0.4 is 0 Å². The number of hydrogen-bond acceptors (Lipinski definition) is 3. The predicted octanol–water partition coefficient (Wildman–Crippen LogP) is 2.28. The first-order valence-corrected chi connectivity index (χ1v) is 7.71. The van der Waals surface area contributed by atoms with Crippen molar-refractivity contribution in [3.63, 3.8) is 0 Å². The Hall–Kier alpha value is -0.843. The summed E-state index contributed by atoms with van der Waals surface area (Å²) >= 11 is 0. The molecule has 3 nitrogen and oxygen atoms in total. The molecule has 0 N–H and O–H groups in total. The van der Waals surface area contributed by atoms with E-state index >= 15 is 0 Å². The zero-order valence-corrected chi connectivity index (χ0v) is 9.88. The van der Waals surface area contributed by atoms with Crippen molar-refractivity contribution in [3.8, 4) is 12.1 Å². The molecule has 0 heterocycles. The quantitative estimate of drug-likeness (QED) is 0.651. The molecule has 0 fully saturated rings. The van der Waals surface area contributed by atoms with Gasteiger partial charge in [-0.15, -0.1) is 0 Å². The third kappa shape index (κ3) is 3.18. The summed E-state index contributed by atoms with van der Waals surface area (Å²) in [5.74, 6) is -0.103. The first kappa shape index (κ1) is 12.2. The summed E-state index contributed by atoms with van der Waals surface area (Å²) in [5, 5.41) is 17.9. The molecular formula is C9H16N2OSi. The van der Waals surface area contributed by atoms with Crippen LogP contribution in [0.3, 0.4) is 0 Å². The van der Waals surface area contributed by atoms with E-state index in [9.17, 15) is 0 Å². The van der Waals surface area contributed by atoms with E-state index in [4.69, 9.17) is 14.9 Å². The zero-order valence-electron chi connectivity index (χ0n) is 8.88. The van der Waals surface area contributed by atoms with Gasteiger partial charge in [0.05, 0.1) is 0 Å². The maximum Gasteiger partial charge on any atom is 0.234 e. The normalized spacial score (nSPS) is 12.3. The van der Waals surface area contributed by atoms with Crippen LogP contribution in [0, 0.1) is 28.6 Å². The van der Waals surface area contributed by atoms with E-state index in [0.717, 1.165) is 0 Å². The number of hydrogen-bond donors (Lipinski definition) is 0. The second-order valence-electron chi connectivity index (χ2n) is 4.33. The minimum absolute atomic E-state index is 0.103.